The summed E-state index contributed by atoms with van der Waals surface area (Å²) in [7, 11) is 0. The molecule has 20 heavy (non-hydrogen) atoms. The second-order valence-electron chi connectivity index (χ2n) is 4.14. The van der Waals surface area contributed by atoms with E-state index in [1.165, 1.54) is 0 Å². The van der Waals surface area contributed by atoms with Crippen molar-refractivity contribution in [3.63, 3.8) is 0 Å². The molecule has 1 aromatic carbocycles. The predicted octanol–water partition coefficient (Wildman–Crippen LogP) is 1.73. The minimum absolute atomic E-state index is 0.0251. The summed E-state index contributed by atoms with van der Waals surface area (Å²) in [5, 5.41) is 16.7. The second-order valence-corrected chi connectivity index (χ2v) is 4.14. The van der Waals surface area contributed by atoms with E-state index in [2.05, 4.69) is 22.7 Å². The molecule has 5 N–H and O–H groups in total. The van der Waals surface area contributed by atoms with E-state index in [9.17, 15) is 4.79 Å². The Balaban J connectivity index is 2.48. The van der Waals surface area contributed by atoms with Gasteiger partial charge in [-0.3, -0.25) is 0 Å². The summed E-state index contributed by atoms with van der Waals surface area (Å²) in [5.41, 5.74) is 5.91. The second kappa shape index (κ2) is 8.63. The zero-order chi connectivity index (χ0) is 14.8. The molecule has 0 aliphatic heterocycles. The highest BCUT2D eigenvalue weighted by molar-refractivity contribution is 5.89. The summed E-state index contributed by atoms with van der Waals surface area (Å²) in [5.74, 6) is 0.489. The lowest BCUT2D eigenvalue weighted by molar-refractivity contribution is 0.252. The number of unbranched alkanes of at least 4 members (excludes halogenated alkanes) is 1. The van der Waals surface area contributed by atoms with Gasteiger partial charge in [0.1, 0.15) is 12.4 Å². The third kappa shape index (κ3) is 5.94. The SMILES string of the molecule is CCCCNC(=O)Nc1cccc(OC/C(N)=N/O)c1. The summed E-state index contributed by atoms with van der Waals surface area (Å²) in [6, 6.07) is 6.60. The third-order valence-corrected chi connectivity index (χ3v) is 2.42. The fraction of sp³-hybridized carbons (Fsp3) is 0.385. The smallest absolute Gasteiger partial charge is 0.319 e. The van der Waals surface area contributed by atoms with Crippen LogP contribution in [0.4, 0.5) is 10.5 Å². The van der Waals surface area contributed by atoms with Crippen LogP contribution < -0.4 is 21.1 Å². The maximum absolute atomic E-state index is 11.6. The Morgan fingerprint density at radius 3 is 3.00 bits per heavy atom. The number of hydrogen-bond donors (Lipinski definition) is 4. The van der Waals surface area contributed by atoms with E-state index in [-0.39, 0.29) is 18.5 Å². The Morgan fingerprint density at radius 1 is 1.50 bits per heavy atom. The summed E-state index contributed by atoms with van der Waals surface area (Å²) in [6.45, 7) is 2.67. The zero-order valence-electron chi connectivity index (χ0n) is 11.4. The highest BCUT2D eigenvalue weighted by atomic mass is 16.5. The molecule has 0 aliphatic carbocycles. The van der Waals surface area contributed by atoms with Crippen molar-refractivity contribution in [3.8, 4) is 5.75 Å². The molecule has 0 radical (unpaired) electrons. The van der Waals surface area contributed by atoms with Gasteiger partial charge in [-0.1, -0.05) is 24.6 Å². The van der Waals surface area contributed by atoms with Gasteiger partial charge in [0.05, 0.1) is 0 Å². The normalized spacial score (nSPS) is 10.9. The van der Waals surface area contributed by atoms with Crippen molar-refractivity contribution in [2.75, 3.05) is 18.5 Å². The van der Waals surface area contributed by atoms with E-state index in [1.54, 1.807) is 24.3 Å². The molecule has 2 amide bonds. The van der Waals surface area contributed by atoms with Crippen LogP contribution in [0, 0.1) is 0 Å². The molecule has 110 valence electrons. The first-order valence-electron chi connectivity index (χ1n) is 6.39. The first-order chi connectivity index (χ1) is 9.65. The van der Waals surface area contributed by atoms with Gasteiger partial charge in [0, 0.05) is 18.3 Å². The molecule has 0 atom stereocenters. The van der Waals surface area contributed by atoms with Gasteiger partial charge in [0.25, 0.3) is 0 Å². The molecule has 0 spiro atoms. The van der Waals surface area contributed by atoms with Gasteiger partial charge in [0.15, 0.2) is 5.84 Å². The van der Waals surface area contributed by atoms with E-state index in [4.69, 9.17) is 15.7 Å². The number of nitrogens with two attached hydrogens (primary N) is 1. The summed E-state index contributed by atoms with van der Waals surface area (Å²) >= 11 is 0. The predicted molar refractivity (Wildman–Crippen MR) is 77.3 cm³/mol. The number of oxime groups is 1. The number of nitrogens with one attached hydrogen (secondary N) is 2. The lowest BCUT2D eigenvalue weighted by atomic mass is 10.3. The third-order valence-electron chi connectivity index (χ3n) is 2.42. The molecular weight excluding hydrogens is 260 g/mol. The monoisotopic (exact) mass is 280 g/mol. The maximum atomic E-state index is 11.6. The number of nitrogens with zero attached hydrogens (tertiary/aromatic N) is 1. The number of urea groups is 1. The Kier molecular flexibility index (Phi) is 6.74. The Labute approximate surface area is 117 Å². The van der Waals surface area contributed by atoms with E-state index >= 15 is 0 Å². The van der Waals surface area contributed by atoms with Crippen molar-refractivity contribution in [2.24, 2.45) is 10.9 Å². The molecule has 0 aliphatic rings. The standard InChI is InChI=1S/C13H20N4O3/c1-2-3-7-15-13(18)16-10-5-4-6-11(8-10)20-9-12(14)17-19/h4-6,8,19H,2-3,7,9H2,1H3,(H2,14,17)(H2,15,16,18). The van der Waals surface area contributed by atoms with Gasteiger partial charge < -0.3 is 26.3 Å². The first-order valence-corrected chi connectivity index (χ1v) is 6.39. The van der Waals surface area contributed by atoms with Crippen molar-refractivity contribution in [1.29, 1.82) is 0 Å². The molecule has 1 rings (SSSR count). The fourth-order valence-corrected chi connectivity index (χ4v) is 1.40. The van der Waals surface area contributed by atoms with Crippen LogP contribution in [0.25, 0.3) is 0 Å². The van der Waals surface area contributed by atoms with Gasteiger partial charge in [0.2, 0.25) is 0 Å². The minimum Gasteiger partial charge on any atom is -0.485 e. The quantitative estimate of drug-likeness (QED) is 0.200. The van der Waals surface area contributed by atoms with Gasteiger partial charge in [-0.25, -0.2) is 4.79 Å². The molecule has 0 saturated heterocycles. The molecule has 0 saturated carbocycles. The fourth-order valence-electron chi connectivity index (χ4n) is 1.40. The molecule has 0 fully saturated rings. The van der Waals surface area contributed by atoms with Crippen LogP contribution in [-0.2, 0) is 0 Å². The molecular formula is C13H20N4O3. The molecule has 0 bridgehead atoms. The molecule has 1 aromatic rings. The van der Waals surface area contributed by atoms with E-state index < -0.39 is 0 Å². The van der Waals surface area contributed by atoms with Crippen LogP contribution in [0.2, 0.25) is 0 Å². The van der Waals surface area contributed by atoms with Crippen LogP contribution in [0.1, 0.15) is 19.8 Å². The Hall–Kier alpha value is -2.44. The maximum Gasteiger partial charge on any atom is 0.319 e. The first kappa shape index (κ1) is 15.6. The van der Waals surface area contributed by atoms with Gasteiger partial charge in [-0.05, 0) is 18.6 Å². The molecule has 7 nitrogen and oxygen atoms in total. The van der Waals surface area contributed by atoms with E-state index in [0.29, 0.717) is 18.0 Å². The molecule has 7 heteroatoms. The number of amides is 2. The topological polar surface area (TPSA) is 109 Å². The average molecular weight is 280 g/mol. The molecule has 0 heterocycles. The van der Waals surface area contributed by atoms with Crippen LogP contribution in [0.3, 0.4) is 0 Å². The number of amidine groups is 1. The summed E-state index contributed by atoms with van der Waals surface area (Å²) in [6.07, 6.45) is 1.97. The van der Waals surface area contributed by atoms with Crippen LogP contribution >= 0.6 is 0 Å². The zero-order valence-corrected chi connectivity index (χ0v) is 11.4. The number of anilines is 1. The Morgan fingerprint density at radius 2 is 2.30 bits per heavy atom. The molecule has 0 aromatic heterocycles. The number of hydrogen-bond acceptors (Lipinski definition) is 4. The van der Waals surface area contributed by atoms with E-state index in [0.717, 1.165) is 12.8 Å². The van der Waals surface area contributed by atoms with Crippen LogP contribution in [-0.4, -0.2) is 30.2 Å². The number of carbonyl (C=O) groups is 1. The van der Waals surface area contributed by atoms with Crippen LogP contribution in [0.5, 0.6) is 5.75 Å². The van der Waals surface area contributed by atoms with Crippen molar-refractivity contribution in [2.45, 2.75) is 19.8 Å². The summed E-state index contributed by atoms with van der Waals surface area (Å²) in [4.78, 5) is 11.6. The van der Waals surface area contributed by atoms with Crippen molar-refractivity contribution in [1.82, 2.24) is 5.32 Å². The number of carbonyl (C=O) groups excluding carboxylic acids is 1. The minimum atomic E-state index is -0.257. The lowest BCUT2D eigenvalue weighted by Gasteiger charge is -2.09. The lowest BCUT2D eigenvalue weighted by Crippen LogP contribution is -2.29. The van der Waals surface area contributed by atoms with Crippen molar-refractivity contribution < 1.29 is 14.7 Å². The van der Waals surface area contributed by atoms with Crippen molar-refractivity contribution in [3.05, 3.63) is 24.3 Å². The largest absolute Gasteiger partial charge is 0.485 e. The number of rotatable bonds is 7. The number of benzene rings is 1. The highest BCUT2D eigenvalue weighted by Crippen LogP contribution is 2.17. The van der Waals surface area contributed by atoms with Crippen LogP contribution in [0.15, 0.2) is 29.4 Å². The average Bonchev–Trinajstić information content (AvgIpc) is 2.45. The molecule has 0 unspecified atom stereocenters. The van der Waals surface area contributed by atoms with Crippen molar-refractivity contribution >= 4 is 17.6 Å². The van der Waals surface area contributed by atoms with Gasteiger partial charge >= 0.3 is 6.03 Å². The van der Waals surface area contributed by atoms with Gasteiger partial charge in [-0.15, -0.1) is 0 Å². The van der Waals surface area contributed by atoms with Gasteiger partial charge in [-0.2, -0.15) is 0 Å². The number of ether oxygens (including phenoxy) is 1. The summed E-state index contributed by atoms with van der Waals surface area (Å²) < 4.78 is 5.29. The highest BCUT2D eigenvalue weighted by Gasteiger charge is 2.03. The van der Waals surface area contributed by atoms with E-state index in [1.807, 2.05) is 0 Å². The Bertz CT molecular complexity index is 463.